The lowest BCUT2D eigenvalue weighted by atomic mass is 10.0. The topological polar surface area (TPSA) is 37.9 Å². The van der Waals surface area contributed by atoms with Crippen LogP contribution in [0.25, 0.3) is 21.8 Å². The number of hydrogen-bond acceptors (Lipinski definition) is 2. The number of methoxy groups -OCH3 is 1. The van der Waals surface area contributed by atoms with E-state index < -0.39 is 0 Å². The SMILES string of the molecule is C#Cc1ncc2[nH]c3cccc(COC)c3c2c1C. The van der Waals surface area contributed by atoms with E-state index in [1.54, 1.807) is 13.3 Å². The number of H-pyrrole nitrogens is 1. The van der Waals surface area contributed by atoms with Gasteiger partial charge in [-0.25, -0.2) is 4.98 Å². The molecule has 2 aromatic heterocycles. The van der Waals surface area contributed by atoms with Crippen LogP contribution in [0.2, 0.25) is 0 Å². The molecule has 3 rings (SSSR count). The molecule has 0 spiro atoms. The Morgan fingerprint density at radius 2 is 2.16 bits per heavy atom. The van der Waals surface area contributed by atoms with E-state index in [1.165, 1.54) is 5.39 Å². The van der Waals surface area contributed by atoms with Gasteiger partial charge in [0.25, 0.3) is 0 Å². The number of aromatic nitrogens is 2. The summed E-state index contributed by atoms with van der Waals surface area (Å²) in [5, 5.41) is 2.32. The molecule has 1 aromatic carbocycles. The molecule has 0 aliphatic carbocycles. The van der Waals surface area contributed by atoms with E-state index in [0.717, 1.165) is 27.5 Å². The lowest BCUT2D eigenvalue weighted by molar-refractivity contribution is 0.186. The number of terminal acetylenes is 1. The first kappa shape index (κ1) is 11.8. The van der Waals surface area contributed by atoms with Gasteiger partial charge in [0.15, 0.2) is 0 Å². The van der Waals surface area contributed by atoms with Crippen LogP contribution in [0.4, 0.5) is 0 Å². The normalized spacial score (nSPS) is 11.0. The maximum atomic E-state index is 5.50. The molecule has 3 heteroatoms. The second kappa shape index (κ2) is 4.42. The number of fused-ring (bicyclic) bond motifs is 3. The van der Waals surface area contributed by atoms with Crippen molar-refractivity contribution in [3.63, 3.8) is 0 Å². The minimum Gasteiger partial charge on any atom is -0.380 e. The minimum absolute atomic E-state index is 0.581. The molecular weight excluding hydrogens is 236 g/mol. The average molecular weight is 250 g/mol. The van der Waals surface area contributed by atoms with Crippen LogP contribution in [0.3, 0.4) is 0 Å². The van der Waals surface area contributed by atoms with Crippen molar-refractivity contribution in [3.05, 3.63) is 41.2 Å². The summed E-state index contributed by atoms with van der Waals surface area (Å²) in [5.41, 5.74) is 4.98. The molecule has 0 aliphatic heterocycles. The van der Waals surface area contributed by atoms with Crippen molar-refractivity contribution in [2.75, 3.05) is 7.11 Å². The maximum absolute atomic E-state index is 5.50. The van der Waals surface area contributed by atoms with Gasteiger partial charge >= 0.3 is 0 Å². The second-order valence-corrected chi connectivity index (χ2v) is 4.56. The summed E-state index contributed by atoms with van der Waals surface area (Å²) < 4.78 is 5.28. The third kappa shape index (κ3) is 1.69. The van der Waals surface area contributed by atoms with Crippen molar-refractivity contribution in [1.29, 1.82) is 0 Å². The highest BCUT2D eigenvalue weighted by Crippen LogP contribution is 2.31. The van der Waals surface area contributed by atoms with Gasteiger partial charge in [-0.3, -0.25) is 0 Å². The average Bonchev–Trinajstić information content (AvgIpc) is 2.80. The number of benzene rings is 1. The highest BCUT2D eigenvalue weighted by molar-refractivity contribution is 6.10. The molecule has 0 radical (unpaired) electrons. The lowest BCUT2D eigenvalue weighted by Crippen LogP contribution is -1.91. The van der Waals surface area contributed by atoms with Gasteiger partial charge in [0, 0.05) is 23.4 Å². The summed E-state index contributed by atoms with van der Waals surface area (Å²) in [7, 11) is 1.70. The van der Waals surface area contributed by atoms with Gasteiger partial charge in [0.1, 0.15) is 5.69 Å². The molecule has 0 fully saturated rings. The molecule has 1 N–H and O–H groups in total. The fourth-order valence-electron chi connectivity index (χ4n) is 2.59. The first-order valence-corrected chi connectivity index (χ1v) is 6.10. The molecule has 2 heterocycles. The fourth-order valence-corrected chi connectivity index (χ4v) is 2.59. The van der Waals surface area contributed by atoms with Crippen LogP contribution in [0, 0.1) is 19.3 Å². The van der Waals surface area contributed by atoms with Crippen LogP contribution < -0.4 is 0 Å². The number of ether oxygens (including phenoxy) is 1. The first-order valence-electron chi connectivity index (χ1n) is 6.10. The van der Waals surface area contributed by atoms with Gasteiger partial charge in [-0.05, 0) is 30.0 Å². The van der Waals surface area contributed by atoms with Gasteiger partial charge in [0.2, 0.25) is 0 Å². The summed E-state index contributed by atoms with van der Waals surface area (Å²) in [5.74, 6) is 2.64. The Bertz CT molecular complexity index is 809. The van der Waals surface area contributed by atoms with Gasteiger partial charge in [-0.15, -0.1) is 6.42 Å². The molecular formula is C16H14N2O. The highest BCUT2D eigenvalue weighted by atomic mass is 16.5. The van der Waals surface area contributed by atoms with Crippen LogP contribution in [-0.4, -0.2) is 17.1 Å². The van der Waals surface area contributed by atoms with Gasteiger partial charge in [0.05, 0.1) is 18.3 Å². The van der Waals surface area contributed by atoms with Crippen LogP contribution in [0.1, 0.15) is 16.8 Å². The molecule has 0 aliphatic rings. The van der Waals surface area contributed by atoms with Crippen LogP contribution in [0.5, 0.6) is 0 Å². The summed E-state index contributed by atoms with van der Waals surface area (Å²) in [6, 6.07) is 6.16. The molecule has 0 saturated heterocycles. The molecule has 3 nitrogen and oxygen atoms in total. The standard InChI is InChI=1S/C16H14N2O/c1-4-12-10(2)15-14(8-17-12)18-13-7-5-6-11(9-19-3)16(13)15/h1,5-8,18H,9H2,2-3H3. The van der Waals surface area contributed by atoms with Crippen LogP contribution in [0.15, 0.2) is 24.4 Å². The van der Waals surface area contributed by atoms with Crippen LogP contribution >= 0.6 is 0 Å². The summed E-state index contributed by atoms with van der Waals surface area (Å²) in [6.45, 7) is 2.60. The van der Waals surface area contributed by atoms with Crippen molar-refractivity contribution in [3.8, 4) is 12.3 Å². The number of aromatic amines is 1. The molecule has 3 aromatic rings. The van der Waals surface area contributed by atoms with E-state index >= 15 is 0 Å². The summed E-state index contributed by atoms with van der Waals surface area (Å²) >= 11 is 0. The Hall–Kier alpha value is -2.31. The molecule has 0 amide bonds. The summed E-state index contributed by atoms with van der Waals surface area (Å²) in [6.07, 6.45) is 7.30. The maximum Gasteiger partial charge on any atom is 0.116 e. The van der Waals surface area contributed by atoms with E-state index in [2.05, 4.69) is 28.0 Å². The zero-order chi connectivity index (χ0) is 13.4. The first-order chi connectivity index (χ1) is 9.26. The van der Waals surface area contributed by atoms with Crippen molar-refractivity contribution >= 4 is 21.8 Å². The number of pyridine rings is 1. The third-order valence-corrected chi connectivity index (χ3v) is 3.43. The molecule has 0 saturated carbocycles. The van der Waals surface area contributed by atoms with Crippen molar-refractivity contribution < 1.29 is 4.74 Å². The quantitative estimate of drug-likeness (QED) is 0.709. The number of nitrogens with one attached hydrogen (secondary N) is 1. The Morgan fingerprint density at radius 3 is 2.89 bits per heavy atom. The van der Waals surface area contributed by atoms with Crippen molar-refractivity contribution in [1.82, 2.24) is 9.97 Å². The number of aryl methyl sites for hydroxylation is 1. The van der Waals surface area contributed by atoms with E-state index in [4.69, 9.17) is 11.2 Å². The monoisotopic (exact) mass is 250 g/mol. The molecule has 94 valence electrons. The molecule has 0 atom stereocenters. The van der Waals surface area contributed by atoms with Crippen molar-refractivity contribution in [2.24, 2.45) is 0 Å². The Morgan fingerprint density at radius 1 is 1.32 bits per heavy atom. The van der Waals surface area contributed by atoms with E-state index in [0.29, 0.717) is 12.3 Å². The predicted octanol–water partition coefficient (Wildman–Crippen LogP) is 3.15. The second-order valence-electron chi connectivity index (χ2n) is 4.56. The lowest BCUT2D eigenvalue weighted by Gasteiger charge is -2.04. The van der Waals surface area contributed by atoms with E-state index in [9.17, 15) is 0 Å². The van der Waals surface area contributed by atoms with E-state index in [-0.39, 0.29) is 0 Å². The Labute approximate surface area is 111 Å². The third-order valence-electron chi connectivity index (χ3n) is 3.43. The summed E-state index contributed by atoms with van der Waals surface area (Å²) in [4.78, 5) is 7.68. The minimum atomic E-state index is 0.581. The largest absolute Gasteiger partial charge is 0.380 e. The Kier molecular flexibility index (Phi) is 2.73. The fraction of sp³-hybridized carbons (Fsp3) is 0.188. The zero-order valence-corrected chi connectivity index (χ0v) is 10.9. The number of nitrogens with zero attached hydrogens (tertiary/aromatic N) is 1. The number of hydrogen-bond donors (Lipinski definition) is 1. The van der Waals surface area contributed by atoms with Gasteiger partial charge in [-0.1, -0.05) is 12.1 Å². The number of rotatable bonds is 2. The highest BCUT2D eigenvalue weighted by Gasteiger charge is 2.12. The van der Waals surface area contributed by atoms with Crippen LogP contribution in [-0.2, 0) is 11.3 Å². The Balaban J connectivity index is 2.49. The van der Waals surface area contributed by atoms with Crippen molar-refractivity contribution in [2.45, 2.75) is 13.5 Å². The van der Waals surface area contributed by atoms with Gasteiger partial charge in [-0.2, -0.15) is 0 Å². The van der Waals surface area contributed by atoms with E-state index in [1.807, 2.05) is 13.0 Å². The smallest absolute Gasteiger partial charge is 0.116 e. The molecule has 0 unspecified atom stereocenters. The zero-order valence-electron chi connectivity index (χ0n) is 10.9. The van der Waals surface area contributed by atoms with Gasteiger partial charge < -0.3 is 9.72 Å². The molecule has 0 bridgehead atoms. The predicted molar refractivity (Wildman–Crippen MR) is 77.0 cm³/mol. The molecule has 19 heavy (non-hydrogen) atoms.